The minimum atomic E-state index is -0.802. The van der Waals surface area contributed by atoms with Gasteiger partial charge in [0.05, 0.1) is 0 Å². The molecule has 0 radical (unpaired) electrons. The first-order valence-corrected chi connectivity index (χ1v) is 8.01. The van der Waals surface area contributed by atoms with E-state index in [0.717, 1.165) is 11.5 Å². The van der Waals surface area contributed by atoms with Gasteiger partial charge in [-0.1, -0.05) is 18.5 Å². The van der Waals surface area contributed by atoms with E-state index in [1.54, 1.807) is 6.92 Å². The highest BCUT2D eigenvalue weighted by atomic mass is 35.5. The standard InChI is InChI=1S/C13H16ClN5O2S/c1-3-13(2)11(20)19(12(21)17-13)6-4-5-16-10-8(7-15)9(14)18-22-10/h16H,3-6H2,1-2H3,(H,17,21)/t13-/m0/s1. The summed E-state index contributed by atoms with van der Waals surface area (Å²) in [4.78, 5) is 25.3. The monoisotopic (exact) mass is 341 g/mol. The lowest BCUT2D eigenvalue weighted by Crippen LogP contribution is -2.43. The number of halogens is 1. The molecule has 1 aromatic rings. The molecule has 22 heavy (non-hydrogen) atoms. The number of hydrogen-bond donors (Lipinski definition) is 2. The molecule has 118 valence electrons. The highest BCUT2D eigenvalue weighted by Crippen LogP contribution is 2.27. The van der Waals surface area contributed by atoms with E-state index in [1.165, 1.54) is 4.90 Å². The Balaban J connectivity index is 1.86. The van der Waals surface area contributed by atoms with Crippen LogP contribution in [0.5, 0.6) is 0 Å². The molecule has 0 aliphatic carbocycles. The SMILES string of the molecule is CC[C@]1(C)NC(=O)N(CCCNc2snc(Cl)c2C#N)C1=O. The average molecular weight is 342 g/mol. The molecule has 3 amide bonds. The number of carbonyl (C=O) groups is 2. The molecule has 1 aliphatic heterocycles. The number of carbonyl (C=O) groups excluding carboxylic acids is 2. The average Bonchev–Trinajstić information content (AvgIpc) is 2.95. The van der Waals surface area contributed by atoms with Crippen molar-refractivity contribution in [2.24, 2.45) is 0 Å². The van der Waals surface area contributed by atoms with Crippen molar-refractivity contribution in [2.45, 2.75) is 32.2 Å². The molecule has 1 aromatic heterocycles. The fourth-order valence-corrected chi connectivity index (χ4v) is 3.08. The van der Waals surface area contributed by atoms with Crippen molar-refractivity contribution in [1.82, 2.24) is 14.6 Å². The fraction of sp³-hybridized carbons (Fsp3) is 0.538. The van der Waals surface area contributed by atoms with Gasteiger partial charge in [0, 0.05) is 13.1 Å². The predicted octanol–water partition coefficient (Wildman–Crippen LogP) is 2.19. The molecule has 1 saturated heterocycles. The van der Waals surface area contributed by atoms with E-state index in [4.69, 9.17) is 16.9 Å². The van der Waals surface area contributed by atoms with Crippen LogP contribution in [0.3, 0.4) is 0 Å². The Bertz CT molecular complexity index is 641. The number of hydrogen-bond acceptors (Lipinski definition) is 6. The lowest BCUT2D eigenvalue weighted by Gasteiger charge is -2.19. The summed E-state index contributed by atoms with van der Waals surface area (Å²) in [6.07, 6.45) is 1.12. The normalized spacial score (nSPS) is 20.9. The van der Waals surface area contributed by atoms with Crippen LogP contribution in [0.2, 0.25) is 5.15 Å². The third-order valence-corrected chi connectivity index (χ3v) is 4.84. The molecule has 0 aromatic carbocycles. The summed E-state index contributed by atoms with van der Waals surface area (Å²) in [7, 11) is 0. The van der Waals surface area contributed by atoms with Crippen LogP contribution in [0.25, 0.3) is 0 Å². The summed E-state index contributed by atoms with van der Waals surface area (Å²) in [6, 6.07) is 1.63. The van der Waals surface area contributed by atoms with Gasteiger partial charge < -0.3 is 10.6 Å². The van der Waals surface area contributed by atoms with Gasteiger partial charge in [-0.05, 0) is 31.3 Å². The number of nitriles is 1. The Kier molecular flexibility index (Phi) is 4.88. The summed E-state index contributed by atoms with van der Waals surface area (Å²) < 4.78 is 3.89. The van der Waals surface area contributed by atoms with Gasteiger partial charge in [0.2, 0.25) is 0 Å². The zero-order valence-electron chi connectivity index (χ0n) is 12.3. The van der Waals surface area contributed by atoms with Gasteiger partial charge in [-0.3, -0.25) is 9.69 Å². The van der Waals surface area contributed by atoms with Crippen molar-refractivity contribution in [3.05, 3.63) is 10.7 Å². The Morgan fingerprint density at radius 3 is 2.86 bits per heavy atom. The fourth-order valence-electron chi connectivity index (χ4n) is 2.12. The van der Waals surface area contributed by atoms with Crippen molar-refractivity contribution in [3.8, 4) is 6.07 Å². The van der Waals surface area contributed by atoms with Crippen LogP contribution in [-0.2, 0) is 4.79 Å². The van der Waals surface area contributed by atoms with E-state index in [0.29, 0.717) is 36.5 Å². The van der Waals surface area contributed by atoms with Gasteiger partial charge in [-0.25, -0.2) is 4.79 Å². The summed E-state index contributed by atoms with van der Waals surface area (Å²) in [6.45, 7) is 4.42. The third-order valence-electron chi connectivity index (χ3n) is 3.66. The number of aromatic nitrogens is 1. The zero-order valence-corrected chi connectivity index (χ0v) is 13.8. The number of amides is 3. The van der Waals surface area contributed by atoms with Crippen LogP contribution < -0.4 is 10.6 Å². The number of rotatable bonds is 6. The second-order valence-corrected chi connectivity index (χ2v) is 6.27. The number of anilines is 1. The molecule has 1 fully saturated rings. The molecule has 7 nitrogen and oxygen atoms in total. The number of nitrogens with zero attached hydrogens (tertiary/aromatic N) is 3. The lowest BCUT2D eigenvalue weighted by molar-refractivity contribution is -0.130. The van der Waals surface area contributed by atoms with Crippen molar-refractivity contribution >= 4 is 40.1 Å². The van der Waals surface area contributed by atoms with Crippen LogP contribution in [0.15, 0.2) is 0 Å². The molecule has 2 N–H and O–H groups in total. The molecular formula is C13H16ClN5O2S. The van der Waals surface area contributed by atoms with Gasteiger partial charge >= 0.3 is 6.03 Å². The maximum Gasteiger partial charge on any atom is 0.325 e. The van der Waals surface area contributed by atoms with E-state index in [-0.39, 0.29) is 17.1 Å². The van der Waals surface area contributed by atoms with Crippen LogP contribution in [0.1, 0.15) is 32.3 Å². The molecule has 1 atom stereocenters. The zero-order chi connectivity index (χ0) is 16.3. The quantitative estimate of drug-likeness (QED) is 0.610. The number of urea groups is 1. The van der Waals surface area contributed by atoms with Crippen molar-refractivity contribution in [3.63, 3.8) is 0 Å². The Labute approximate surface area is 137 Å². The van der Waals surface area contributed by atoms with E-state index in [9.17, 15) is 9.59 Å². The van der Waals surface area contributed by atoms with Crippen molar-refractivity contribution in [2.75, 3.05) is 18.4 Å². The topological polar surface area (TPSA) is 98.1 Å². The Hall–Kier alpha value is -1.85. The van der Waals surface area contributed by atoms with E-state index < -0.39 is 5.54 Å². The molecule has 2 rings (SSSR count). The largest absolute Gasteiger partial charge is 0.374 e. The van der Waals surface area contributed by atoms with Gasteiger partial charge in [0.15, 0.2) is 5.15 Å². The number of imide groups is 1. The van der Waals surface area contributed by atoms with Crippen LogP contribution in [-0.4, -0.2) is 39.8 Å². The van der Waals surface area contributed by atoms with E-state index in [2.05, 4.69) is 15.0 Å². The molecular weight excluding hydrogens is 326 g/mol. The van der Waals surface area contributed by atoms with Crippen LogP contribution in [0.4, 0.5) is 9.80 Å². The molecule has 9 heteroatoms. The Morgan fingerprint density at radius 1 is 1.55 bits per heavy atom. The molecule has 2 heterocycles. The second-order valence-electron chi connectivity index (χ2n) is 5.14. The van der Waals surface area contributed by atoms with E-state index >= 15 is 0 Å². The smallest absolute Gasteiger partial charge is 0.325 e. The van der Waals surface area contributed by atoms with Gasteiger partial charge in [0.25, 0.3) is 5.91 Å². The molecule has 0 saturated carbocycles. The maximum absolute atomic E-state index is 12.2. The lowest BCUT2D eigenvalue weighted by atomic mass is 9.99. The first-order valence-electron chi connectivity index (χ1n) is 6.86. The Morgan fingerprint density at radius 2 is 2.27 bits per heavy atom. The maximum atomic E-state index is 12.2. The molecule has 0 unspecified atom stereocenters. The summed E-state index contributed by atoms with van der Waals surface area (Å²) in [5.41, 5.74) is -0.482. The second kappa shape index (κ2) is 6.50. The van der Waals surface area contributed by atoms with Crippen molar-refractivity contribution < 1.29 is 9.59 Å². The highest BCUT2D eigenvalue weighted by molar-refractivity contribution is 7.10. The minimum Gasteiger partial charge on any atom is -0.374 e. The minimum absolute atomic E-state index is 0.183. The highest BCUT2D eigenvalue weighted by Gasteiger charge is 2.45. The first-order chi connectivity index (χ1) is 10.4. The van der Waals surface area contributed by atoms with Gasteiger partial charge in [-0.2, -0.15) is 9.64 Å². The van der Waals surface area contributed by atoms with Crippen molar-refractivity contribution in [1.29, 1.82) is 5.26 Å². The summed E-state index contributed by atoms with van der Waals surface area (Å²) >= 11 is 6.89. The summed E-state index contributed by atoms with van der Waals surface area (Å²) in [5, 5.41) is 15.5. The third kappa shape index (κ3) is 3.00. The van der Waals surface area contributed by atoms with Gasteiger partial charge in [-0.15, -0.1) is 0 Å². The van der Waals surface area contributed by atoms with Gasteiger partial charge in [0.1, 0.15) is 22.2 Å². The molecule has 0 bridgehead atoms. The van der Waals surface area contributed by atoms with Crippen LogP contribution in [0, 0.1) is 11.3 Å². The van der Waals surface area contributed by atoms with E-state index in [1.807, 2.05) is 13.0 Å². The number of nitrogens with one attached hydrogen (secondary N) is 2. The first kappa shape index (κ1) is 16.5. The predicted molar refractivity (Wildman–Crippen MR) is 83.9 cm³/mol. The van der Waals surface area contributed by atoms with Crippen LogP contribution >= 0.6 is 23.1 Å². The molecule has 0 spiro atoms. The molecule has 1 aliphatic rings. The summed E-state index contributed by atoms with van der Waals surface area (Å²) in [5.74, 6) is -0.196.